The maximum atomic E-state index is 12.7. The van der Waals surface area contributed by atoms with Gasteiger partial charge in [-0.15, -0.1) is 0 Å². The molecule has 0 saturated carbocycles. The average Bonchev–Trinajstić information content (AvgIpc) is 3.02. The Hall–Kier alpha value is -2.59. The topological polar surface area (TPSA) is 34.5 Å². The smallest absolute Gasteiger partial charge is 0.231 e. The maximum absolute atomic E-state index is 12.7. The highest BCUT2D eigenvalue weighted by molar-refractivity contribution is 5.98. The van der Waals surface area contributed by atoms with Gasteiger partial charge in [-0.3, -0.25) is 14.3 Å². The molecular weight excluding hydrogens is 324 g/mol. The summed E-state index contributed by atoms with van der Waals surface area (Å²) in [6.07, 6.45) is 2.49. The number of fused-ring (bicyclic) bond motifs is 3. The molecule has 0 radical (unpaired) electrons. The van der Waals surface area contributed by atoms with Gasteiger partial charge in [0.25, 0.3) is 0 Å². The number of rotatable bonds is 3. The molecule has 1 atom stereocenters. The summed E-state index contributed by atoms with van der Waals surface area (Å²) < 4.78 is 7.40. The zero-order valence-corrected chi connectivity index (χ0v) is 14.9. The van der Waals surface area contributed by atoms with E-state index in [1.807, 2.05) is 16.7 Å². The molecule has 132 valence electrons. The molecular formula is C22H22N2O2. The summed E-state index contributed by atoms with van der Waals surface area (Å²) >= 11 is 0. The quantitative estimate of drug-likeness (QED) is 0.713. The molecule has 0 bridgehead atoms. The van der Waals surface area contributed by atoms with E-state index in [0.29, 0.717) is 12.5 Å². The molecule has 1 aromatic heterocycles. The number of nitrogens with zero attached hydrogens (tertiary/aromatic N) is 2. The van der Waals surface area contributed by atoms with Gasteiger partial charge in [0.1, 0.15) is 5.75 Å². The Balaban J connectivity index is 1.63. The second-order valence-corrected chi connectivity index (χ2v) is 7.24. The summed E-state index contributed by atoms with van der Waals surface area (Å²) in [6, 6.07) is 17.0. The van der Waals surface area contributed by atoms with Gasteiger partial charge in [-0.05, 0) is 42.2 Å². The average molecular weight is 346 g/mol. The van der Waals surface area contributed by atoms with E-state index in [1.165, 1.54) is 22.2 Å². The molecule has 2 aliphatic rings. The zero-order chi connectivity index (χ0) is 17.7. The fourth-order valence-corrected chi connectivity index (χ4v) is 4.65. The normalized spacial score (nSPS) is 19.6. The molecule has 5 rings (SSSR count). The van der Waals surface area contributed by atoms with Crippen LogP contribution in [0.3, 0.4) is 0 Å². The standard InChI is InChI=1S/C22H22N2O2/c1-26-16-7-8-19-18(13-16)17-11-12-23(14-15-5-3-2-4-6-15)20-9-10-21(25)24(19)22(17)20/h2-8,13,20H,9-12,14H2,1H3. The fourth-order valence-electron chi connectivity index (χ4n) is 4.65. The third-order valence-corrected chi connectivity index (χ3v) is 5.83. The first-order chi connectivity index (χ1) is 12.8. The van der Waals surface area contributed by atoms with Crippen molar-refractivity contribution in [3.05, 3.63) is 65.4 Å². The molecule has 0 amide bonds. The van der Waals surface area contributed by atoms with Crippen LogP contribution < -0.4 is 4.74 Å². The van der Waals surface area contributed by atoms with Crippen LogP contribution >= 0.6 is 0 Å². The Morgan fingerprint density at radius 2 is 1.96 bits per heavy atom. The zero-order valence-electron chi connectivity index (χ0n) is 14.9. The van der Waals surface area contributed by atoms with E-state index in [0.717, 1.165) is 37.2 Å². The minimum atomic E-state index is 0.222. The molecule has 4 heteroatoms. The lowest BCUT2D eigenvalue weighted by molar-refractivity contribution is 0.0803. The molecule has 3 aromatic rings. The molecule has 3 heterocycles. The van der Waals surface area contributed by atoms with Crippen LogP contribution in [0.1, 0.15) is 40.5 Å². The van der Waals surface area contributed by atoms with Gasteiger partial charge in [-0.1, -0.05) is 30.3 Å². The lowest BCUT2D eigenvalue weighted by Crippen LogP contribution is -2.39. The van der Waals surface area contributed by atoms with Crippen LogP contribution in [0.15, 0.2) is 48.5 Å². The molecule has 0 aliphatic carbocycles. The number of ether oxygens (including phenoxy) is 1. The van der Waals surface area contributed by atoms with Crippen molar-refractivity contribution in [3.63, 3.8) is 0 Å². The molecule has 0 fully saturated rings. The predicted octanol–water partition coefficient (Wildman–Crippen LogP) is 4.18. The number of carbonyl (C=O) groups is 1. The minimum absolute atomic E-state index is 0.222. The van der Waals surface area contributed by atoms with Crippen molar-refractivity contribution in [3.8, 4) is 5.75 Å². The Morgan fingerprint density at radius 1 is 1.12 bits per heavy atom. The Kier molecular flexibility index (Phi) is 3.61. The lowest BCUT2D eigenvalue weighted by Gasteiger charge is -2.39. The summed E-state index contributed by atoms with van der Waals surface area (Å²) in [6.45, 7) is 1.96. The number of hydrogen-bond acceptors (Lipinski definition) is 3. The Bertz CT molecular complexity index is 990. The second kappa shape index (κ2) is 5.99. The number of benzene rings is 2. The number of hydrogen-bond donors (Lipinski definition) is 0. The highest BCUT2D eigenvalue weighted by Gasteiger charge is 2.37. The van der Waals surface area contributed by atoms with E-state index in [4.69, 9.17) is 4.74 Å². The number of carbonyl (C=O) groups excluding carboxylic acids is 1. The summed E-state index contributed by atoms with van der Waals surface area (Å²) in [7, 11) is 1.69. The van der Waals surface area contributed by atoms with E-state index in [9.17, 15) is 4.79 Å². The molecule has 2 aliphatic heterocycles. The molecule has 0 N–H and O–H groups in total. The third-order valence-electron chi connectivity index (χ3n) is 5.83. The first-order valence-electron chi connectivity index (χ1n) is 9.28. The van der Waals surface area contributed by atoms with Crippen molar-refractivity contribution in [2.75, 3.05) is 13.7 Å². The highest BCUT2D eigenvalue weighted by Crippen LogP contribution is 2.43. The molecule has 0 spiro atoms. The van der Waals surface area contributed by atoms with E-state index in [-0.39, 0.29) is 5.91 Å². The van der Waals surface area contributed by atoms with Gasteiger partial charge in [-0.2, -0.15) is 0 Å². The van der Waals surface area contributed by atoms with Gasteiger partial charge >= 0.3 is 0 Å². The predicted molar refractivity (Wildman–Crippen MR) is 102 cm³/mol. The second-order valence-electron chi connectivity index (χ2n) is 7.24. The maximum Gasteiger partial charge on any atom is 0.231 e. The first-order valence-corrected chi connectivity index (χ1v) is 9.28. The summed E-state index contributed by atoms with van der Waals surface area (Å²) in [5, 5.41) is 1.18. The van der Waals surface area contributed by atoms with E-state index >= 15 is 0 Å². The van der Waals surface area contributed by atoms with Crippen molar-refractivity contribution >= 4 is 16.8 Å². The van der Waals surface area contributed by atoms with Crippen molar-refractivity contribution in [1.82, 2.24) is 9.47 Å². The van der Waals surface area contributed by atoms with Crippen LogP contribution in [0.2, 0.25) is 0 Å². The van der Waals surface area contributed by atoms with Crippen molar-refractivity contribution in [2.24, 2.45) is 0 Å². The van der Waals surface area contributed by atoms with Crippen LogP contribution in [0.5, 0.6) is 5.75 Å². The van der Waals surface area contributed by atoms with Crippen molar-refractivity contribution < 1.29 is 9.53 Å². The van der Waals surface area contributed by atoms with E-state index in [1.54, 1.807) is 7.11 Å². The molecule has 0 saturated heterocycles. The number of methoxy groups -OCH3 is 1. The molecule has 26 heavy (non-hydrogen) atoms. The van der Waals surface area contributed by atoms with Gasteiger partial charge < -0.3 is 4.74 Å². The van der Waals surface area contributed by atoms with Crippen LogP contribution in [-0.4, -0.2) is 29.0 Å². The largest absolute Gasteiger partial charge is 0.497 e. The Labute approximate surface area is 153 Å². The minimum Gasteiger partial charge on any atom is -0.497 e. The van der Waals surface area contributed by atoms with Crippen LogP contribution in [0.4, 0.5) is 0 Å². The Morgan fingerprint density at radius 3 is 2.77 bits per heavy atom. The monoisotopic (exact) mass is 346 g/mol. The SMILES string of the molecule is COc1ccc2c(c1)c1c3n2C(=O)CCC3N(Cc2ccccc2)CC1. The van der Waals surface area contributed by atoms with Crippen LogP contribution in [0.25, 0.3) is 10.9 Å². The first kappa shape index (κ1) is 15.6. The molecule has 2 aromatic carbocycles. The van der Waals surface area contributed by atoms with Gasteiger partial charge in [0.05, 0.1) is 18.7 Å². The third kappa shape index (κ3) is 2.29. The summed E-state index contributed by atoms with van der Waals surface area (Å²) in [5.74, 6) is 1.08. The van der Waals surface area contributed by atoms with Gasteiger partial charge in [0.2, 0.25) is 5.91 Å². The summed E-state index contributed by atoms with van der Waals surface area (Å²) in [5.41, 5.74) is 4.91. The number of aromatic nitrogens is 1. The van der Waals surface area contributed by atoms with Gasteiger partial charge in [0.15, 0.2) is 0 Å². The molecule has 4 nitrogen and oxygen atoms in total. The van der Waals surface area contributed by atoms with Crippen molar-refractivity contribution in [1.29, 1.82) is 0 Å². The fraction of sp³-hybridized carbons (Fsp3) is 0.318. The summed E-state index contributed by atoms with van der Waals surface area (Å²) in [4.78, 5) is 15.3. The van der Waals surface area contributed by atoms with Crippen LogP contribution in [0, 0.1) is 0 Å². The van der Waals surface area contributed by atoms with Gasteiger partial charge in [0, 0.05) is 30.6 Å². The molecule has 1 unspecified atom stereocenters. The van der Waals surface area contributed by atoms with Crippen LogP contribution in [-0.2, 0) is 13.0 Å². The highest BCUT2D eigenvalue weighted by atomic mass is 16.5. The van der Waals surface area contributed by atoms with Gasteiger partial charge in [-0.25, -0.2) is 0 Å². The van der Waals surface area contributed by atoms with E-state index in [2.05, 4.69) is 41.3 Å². The van der Waals surface area contributed by atoms with E-state index < -0.39 is 0 Å². The lowest BCUT2D eigenvalue weighted by atomic mass is 9.92. The van der Waals surface area contributed by atoms with Crippen molar-refractivity contribution in [2.45, 2.75) is 31.8 Å².